The Morgan fingerprint density at radius 3 is 2.61 bits per heavy atom. The Bertz CT molecular complexity index is 2410. The number of esters is 1. The van der Waals surface area contributed by atoms with E-state index in [0.717, 1.165) is 50.0 Å². The molecular weight excluding hydrogens is 809 g/mol. The number of benzene rings is 2. The summed E-state index contributed by atoms with van der Waals surface area (Å²) in [7, 11) is 3.30. The molecule has 3 amide bonds. The highest BCUT2D eigenvalue weighted by molar-refractivity contribution is 5.96. The van der Waals surface area contributed by atoms with Crippen molar-refractivity contribution in [2.24, 2.45) is 21.3 Å². The molecular formula is C50H66N8O6. The number of aromatic nitrogens is 2. The molecule has 64 heavy (non-hydrogen) atoms. The molecule has 1 unspecified atom stereocenters. The normalized spacial score (nSPS) is 18.5. The van der Waals surface area contributed by atoms with Crippen LogP contribution in [-0.4, -0.2) is 107 Å². The standard InChI is InChI=1S/C50H66N8O6/c1-11-57-42-18-17-35-26-37(42)38(45(57)39-28-51-21-19-36(39)29-63-10)27-50(7,8)30-64-48(62)40-16-13-23-58(55-40)47(61)41(25-33-14-12-15-34(35)24-33)54-46(60)44(32(2)3)56(9)43(59)20-22-52-31-53-49(4,5)6/h12,14-15,17-19,21,24,26,28,32,40-41,44,55H,11,13,16,20,22-23,25,27,29-30H2,1-10H3,(H,54,60)/t40-,41-,44?/m0/s1. The Balaban J connectivity index is 1.40. The van der Waals surface area contributed by atoms with Crippen molar-refractivity contribution in [1.29, 1.82) is 0 Å². The molecule has 4 heterocycles. The van der Waals surface area contributed by atoms with Crippen molar-refractivity contribution in [1.82, 2.24) is 30.2 Å². The molecule has 342 valence electrons. The first-order valence-corrected chi connectivity index (χ1v) is 22.5. The highest BCUT2D eigenvalue weighted by Gasteiger charge is 2.37. The van der Waals surface area contributed by atoms with Crippen LogP contribution in [0, 0.1) is 11.3 Å². The van der Waals surface area contributed by atoms with Crippen molar-refractivity contribution in [3.8, 4) is 22.4 Å². The van der Waals surface area contributed by atoms with Gasteiger partial charge in [0.05, 0.1) is 37.0 Å². The molecule has 6 rings (SSSR count). The van der Waals surface area contributed by atoms with Crippen LogP contribution in [0.3, 0.4) is 0 Å². The number of cyclic esters (lactones) is 1. The van der Waals surface area contributed by atoms with Gasteiger partial charge in [0.1, 0.15) is 18.1 Å². The average Bonchev–Trinajstić information content (AvgIpc) is 3.55. The summed E-state index contributed by atoms with van der Waals surface area (Å²) in [5.74, 6) is -1.82. The lowest BCUT2D eigenvalue weighted by molar-refractivity contribution is -0.155. The summed E-state index contributed by atoms with van der Waals surface area (Å²) in [5.41, 5.74) is 10.4. The topological polar surface area (TPSA) is 160 Å². The molecule has 2 aliphatic heterocycles. The van der Waals surface area contributed by atoms with Gasteiger partial charge in [-0.15, -0.1) is 0 Å². The van der Waals surface area contributed by atoms with Crippen LogP contribution < -0.4 is 10.7 Å². The van der Waals surface area contributed by atoms with Gasteiger partial charge < -0.3 is 24.3 Å². The Hall–Kier alpha value is -5.69. The van der Waals surface area contributed by atoms with Gasteiger partial charge in [-0.05, 0) is 98.9 Å². The fourth-order valence-electron chi connectivity index (χ4n) is 8.75. The maximum Gasteiger partial charge on any atom is 0.324 e. The molecule has 4 aromatic rings. The summed E-state index contributed by atoms with van der Waals surface area (Å²) in [5, 5.41) is 5.58. The lowest BCUT2D eigenvalue weighted by Crippen LogP contribution is -2.62. The molecule has 14 nitrogen and oxygen atoms in total. The molecule has 0 radical (unpaired) electrons. The lowest BCUT2D eigenvalue weighted by Gasteiger charge is -2.36. The molecule has 14 heteroatoms. The van der Waals surface area contributed by atoms with E-state index >= 15 is 0 Å². The molecule has 0 aliphatic carbocycles. The Morgan fingerprint density at radius 1 is 1.12 bits per heavy atom. The minimum absolute atomic E-state index is 0.0667. The summed E-state index contributed by atoms with van der Waals surface area (Å²) in [6.45, 7) is 17.7. The highest BCUT2D eigenvalue weighted by atomic mass is 16.5. The summed E-state index contributed by atoms with van der Waals surface area (Å²) >= 11 is 0. The molecule has 3 atom stereocenters. The lowest BCUT2D eigenvalue weighted by atomic mass is 9.84. The number of nitrogens with zero attached hydrogens (tertiary/aromatic N) is 6. The molecule has 2 aromatic carbocycles. The number of aryl methyl sites for hydroxylation is 1. The zero-order chi connectivity index (χ0) is 46.3. The van der Waals surface area contributed by atoms with E-state index in [-0.39, 0.29) is 49.3 Å². The summed E-state index contributed by atoms with van der Waals surface area (Å²) in [6.07, 6.45) is 5.57. The van der Waals surface area contributed by atoms with Gasteiger partial charge in [0.15, 0.2) is 0 Å². The smallest absolute Gasteiger partial charge is 0.324 e. The minimum atomic E-state index is -1.03. The Morgan fingerprint density at radius 2 is 1.89 bits per heavy atom. The van der Waals surface area contributed by atoms with Crippen LogP contribution in [0.15, 0.2) is 70.9 Å². The molecule has 2 N–H and O–H groups in total. The third kappa shape index (κ3) is 11.3. The summed E-state index contributed by atoms with van der Waals surface area (Å²) < 4.78 is 14.1. The molecule has 1 saturated heterocycles. The van der Waals surface area contributed by atoms with E-state index in [0.29, 0.717) is 39.0 Å². The molecule has 0 saturated carbocycles. The molecule has 6 bridgehead atoms. The summed E-state index contributed by atoms with van der Waals surface area (Å²) in [4.78, 5) is 70.6. The van der Waals surface area contributed by atoms with Crippen molar-refractivity contribution in [2.45, 2.75) is 124 Å². The van der Waals surface area contributed by atoms with Crippen molar-refractivity contribution in [3.05, 3.63) is 77.6 Å². The zero-order valence-corrected chi connectivity index (χ0v) is 39.3. The monoisotopic (exact) mass is 875 g/mol. The van der Waals surface area contributed by atoms with E-state index in [1.165, 1.54) is 9.91 Å². The van der Waals surface area contributed by atoms with E-state index in [1.807, 2.05) is 59.0 Å². The first kappa shape index (κ1) is 47.8. The second-order valence-electron chi connectivity index (χ2n) is 19.2. The van der Waals surface area contributed by atoms with E-state index in [9.17, 15) is 19.2 Å². The first-order valence-electron chi connectivity index (χ1n) is 22.5. The van der Waals surface area contributed by atoms with Gasteiger partial charge in [-0.25, -0.2) is 15.4 Å². The third-order valence-electron chi connectivity index (χ3n) is 11.9. The molecule has 1 fully saturated rings. The van der Waals surface area contributed by atoms with Crippen LogP contribution in [0.4, 0.5) is 0 Å². The van der Waals surface area contributed by atoms with E-state index < -0.39 is 35.4 Å². The SMILES string of the molecule is CCn1c(-c2cnccc2COC)c2c3cc(ccc31)-c1cccc(c1)C[C@H](NC(=O)C(C(C)C)N(C)C(=O)CCN=C=NC(C)(C)C)C(=O)N1CCC[C@H](N1)C(=O)OCC(C)(C)C2. The van der Waals surface area contributed by atoms with Crippen LogP contribution in [0.2, 0.25) is 0 Å². The van der Waals surface area contributed by atoms with Gasteiger partial charge in [0.2, 0.25) is 11.8 Å². The highest BCUT2D eigenvalue weighted by Crippen LogP contribution is 2.41. The van der Waals surface area contributed by atoms with Gasteiger partial charge in [0, 0.05) is 74.4 Å². The number of hydrazine groups is 1. The number of rotatable bonds is 11. The van der Waals surface area contributed by atoms with Gasteiger partial charge in [-0.1, -0.05) is 58.0 Å². The number of aliphatic imine (C=N–C) groups is 2. The number of amides is 3. The molecule has 0 spiro atoms. The Labute approximate surface area is 377 Å². The second-order valence-corrected chi connectivity index (χ2v) is 19.2. The van der Waals surface area contributed by atoms with E-state index in [4.69, 9.17) is 9.47 Å². The fourth-order valence-corrected chi connectivity index (χ4v) is 8.75. The predicted octanol–water partition coefficient (Wildman–Crippen LogP) is 7.03. The number of hydrogen-bond donors (Lipinski definition) is 2. The van der Waals surface area contributed by atoms with Crippen LogP contribution in [0.1, 0.15) is 91.3 Å². The number of nitrogens with one attached hydrogen (secondary N) is 2. The maximum absolute atomic E-state index is 14.6. The van der Waals surface area contributed by atoms with Crippen molar-refractivity contribution in [2.75, 3.05) is 33.9 Å². The van der Waals surface area contributed by atoms with Crippen molar-refractivity contribution >= 4 is 40.6 Å². The number of ether oxygens (including phenoxy) is 2. The predicted molar refractivity (Wildman–Crippen MR) is 249 cm³/mol. The van der Waals surface area contributed by atoms with E-state index in [2.05, 4.69) is 87.4 Å². The van der Waals surface area contributed by atoms with Gasteiger partial charge >= 0.3 is 5.97 Å². The quantitative estimate of drug-likeness (QED) is 0.120. The third-order valence-corrected chi connectivity index (χ3v) is 11.9. The fraction of sp³-hybridized carbons (Fsp3) is 0.520. The van der Waals surface area contributed by atoms with Crippen LogP contribution in [0.5, 0.6) is 0 Å². The van der Waals surface area contributed by atoms with Crippen molar-refractivity contribution < 1.29 is 28.7 Å². The number of carbonyl (C=O) groups excluding carboxylic acids is 4. The van der Waals surface area contributed by atoms with Crippen molar-refractivity contribution in [3.63, 3.8) is 0 Å². The van der Waals surface area contributed by atoms with Gasteiger partial charge in [-0.2, -0.15) is 0 Å². The number of methoxy groups -OCH3 is 1. The second kappa shape index (κ2) is 20.4. The zero-order valence-electron chi connectivity index (χ0n) is 39.3. The van der Waals surface area contributed by atoms with Crippen LogP contribution in [-0.2, 0) is 54.6 Å². The number of hydrogen-bond acceptors (Lipinski definition) is 10. The maximum atomic E-state index is 14.6. The molecule has 2 aromatic heterocycles. The number of likely N-dealkylation sites (N-methyl/N-ethyl adjacent to an activating group) is 1. The minimum Gasteiger partial charge on any atom is -0.464 e. The largest absolute Gasteiger partial charge is 0.464 e. The molecule has 2 aliphatic rings. The van der Waals surface area contributed by atoms with Gasteiger partial charge in [-0.3, -0.25) is 29.2 Å². The van der Waals surface area contributed by atoms with E-state index in [1.54, 1.807) is 20.4 Å². The number of pyridine rings is 1. The first-order chi connectivity index (χ1) is 30.4. The summed E-state index contributed by atoms with van der Waals surface area (Å²) in [6, 6.07) is 16.6. The Kier molecular flexibility index (Phi) is 15.3. The van der Waals surface area contributed by atoms with Crippen LogP contribution >= 0.6 is 0 Å². The van der Waals surface area contributed by atoms with Gasteiger partial charge in [0.25, 0.3) is 5.91 Å². The average molecular weight is 875 g/mol. The number of fused-ring (bicyclic) bond motifs is 6. The number of carbonyl (C=O) groups is 4. The van der Waals surface area contributed by atoms with Crippen LogP contribution in [0.25, 0.3) is 33.3 Å².